The fourth-order valence-electron chi connectivity index (χ4n) is 2.52. The largest absolute Gasteiger partial charge is 0.317 e. The van der Waals surface area contributed by atoms with Crippen molar-refractivity contribution in [2.45, 2.75) is 33.6 Å². The van der Waals surface area contributed by atoms with E-state index in [4.69, 9.17) is 0 Å². The van der Waals surface area contributed by atoms with Crippen LogP contribution in [0.15, 0.2) is 30.5 Å². The van der Waals surface area contributed by atoms with Crippen molar-refractivity contribution in [1.29, 1.82) is 0 Å². The van der Waals surface area contributed by atoms with E-state index in [1.807, 2.05) is 17.5 Å². The lowest BCUT2D eigenvalue weighted by atomic mass is 9.95. The molecule has 0 spiro atoms. The Kier molecular flexibility index (Phi) is 5.74. The van der Waals surface area contributed by atoms with Crippen molar-refractivity contribution in [2.24, 2.45) is 5.92 Å². The standard InChI is InChI=1S/C17H24N2S/c1-4-18-11-16(10-17-12-19-14(3)20-17)9-15-7-5-6-13(2)8-15/h5-8,12,16,18H,4,9-11H2,1-3H3. The van der Waals surface area contributed by atoms with E-state index in [2.05, 4.69) is 55.3 Å². The van der Waals surface area contributed by atoms with E-state index in [9.17, 15) is 0 Å². The number of thiazole rings is 1. The van der Waals surface area contributed by atoms with Crippen LogP contribution in [-0.2, 0) is 12.8 Å². The summed E-state index contributed by atoms with van der Waals surface area (Å²) in [5.74, 6) is 0.636. The summed E-state index contributed by atoms with van der Waals surface area (Å²) >= 11 is 1.82. The number of aromatic nitrogens is 1. The Morgan fingerprint density at radius 1 is 1.25 bits per heavy atom. The Labute approximate surface area is 126 Å². The van der Waals surface area contributed by atoms with Crippen molar-refractivity contribution in [2.75, 3.05) is 13.1 Å². The van der Waals surface area contributed by atoms with Crippen LogP contribution >= 0.6 is 11.3 Å². The lowest BCUT2D eigenvalue weighted by Gasteiger charge is -2.17. The molecular formula is C17H24N2S. The number of hydrogen-bond acceptors (Lipinski definition) is 3. The van der Waals surface area contributed by atoms with Gasteiger partial charge in [-0.15, -0.1) is 11.3 Å². The van der Waals surface area contributed by atoms with Crippen LogP contribution in [0.4, 0.5) is 0 Å². The van der Waals surface area contributed by atoms with E-state index in [1.54, 1.807) is 0 Å². The zero-order chi connectivity index (χ0) is 14.4. The van der Waals surface area contributed by atoms with Gasteiger partial charge in [0.15, 0.2) is 0 Å². The van der Waals surface area contributed by atoms with Gasteiger partial charge in [-0.2, -0.15) is 0 Å². The molecule has 2 nitrogen and oxygen atoms in total. The third kappa shape index (κ3) is 4.73. The topological polar surface area (TPSA) is 24.9 Å². The van der Waals surface area contributed by atoms with E-state index >= 15 is 0 Å². The van der Waals surface area contributed by atoms with Gasteiger partial charge in [-0.25, -0.2) is 4.98 Å². The summed E-state index contributed by atoms with van der Waals surface area (Å²) < 4.78 is 0. The number of hydrogen-bond donors (Lipinski definition) is 1. The molecule has 20 heavy (non-hydrogen) atoms. The first kappa shape index (κ1) is 15.2. The van der Waals surface area contributed by atoms with E-state index < -0.39 is 0 Å². The summed E-state index contributed by atoms with van der Waals surface area (Å²) in [6, 6.07) is 8.86. The first-order chi connectivity index (χ1) is 9.67. The number of benzene rings is 1. The van der Waals surface area contributed by atoms with Crippen LogP contribution in [0.1, 0.15) is 27.9 Å². The number of aryl methyl sites for hydroxylation is 2. The zero-order valence-electron chi connectivity index (χ0n) is 12.6. The second kappa shape index (κ2) is 7.55. The summed E-state index contributed by atoms with van der Waals surface area (Å²) in [5, 5.41) is 4.66. The fourth-order valence-corrected chi connectivity index (χ4v) is 3.43. The summed E-state index contributed by atoms with van der Waals surface area (Å²) in [4.78, 5) is 5.77. The number of nitrogens with zero attached hydrogens (tertiary/aromatic N) is 1. The van der Waals surface area contributed by atoms with Gasteiger partial charge in [0.2, 0.25) is 0 Å². The molecule has 0 fully saturated rings. The molecule has 0 saturated carbocycles. The van der Waals surface area contributed by atoms with Crippen molar-refractivity contribution in [3.8, 4) is 0 Å². The summed E-state index contributed by atoms with van der Waals surface area (Å²) in [5.41, 5.74) is 2.78. The van der Waals surface area contributed by atoms with E-state index in [0.29, 0.717) is 5.92 Å². The van der Waals surface area contributed by atoms with Crippen molar-refractivity contribution >= 4 is 11.3 Å². The highest BCUT2D eigenvalue weighted by atomic mass is 32.1. The summed E-state index contributed by atoms with van der Waals surface area (Å²) in [6.45, 7) is 8.51. The second-order valence-corrected chi connectivity index (χ2v) is 6.74. The average Bonchev–Trinajstić information content (AvgIpc) is 2.81. The third-order valence-electron chi connectivity index (χ3n) is 3.45. The van der Waals surface area contributed by atoms with Gasteiger partial charge in [-0.05, 0) is 51.3 Å². The minimum Gasteiger partial charge on any atom is -0.317 e. The van der Waals surface area contributed by atoms with E-state index in [1.165, 1.54) is 16.0 Å². The van der Waals surface area contributed by atoms with Crippen LogP contribution in [-0.4, -0.2) is 18.1 Å². The molecule has 1 N–H and O–H groups in total. The molecule has 3 heteroatoms. The molecule has 0 aliphatic carbocycles. The zero-order valence-corrected chi connectivity index (χ0v) is 13.5. The first-order valence-electron chi connectivity index (χ1n) is 7.35. The Bertz CT molecular complexity index is 533. The van der Waals surface area contributed by atoms with Gasteiger partial charge in [0.05, 0.1) is 5.01 Å². The van der Waals surface area contributed by atoms with Gasteiger partial charge < -0.3 is 5.32 Å². The van der Waals surface area contributed by atoms with E-state index in [0.717, 1.165) is 30.9 Å². The van der Waals surface area contributed by atoms with Crippen LogP contribution in [0.5, 0.6) is 0 Å². The predicted molar refractivity (Wildman–Crippen MR) is 87.5 cm³/mol. The Morgan fingerprint density at radius 3 is 2.75 bits per heavy atom. The van der Waals surface area contributed by atoms with Crippen molar-refractivity contribution in [1.82, 2.24) is 10.3 Å². The fraction of sp³-hybridized carbons (Fsp3) is 0.471. The maximum atomic E-state index is 4.37. The van der Waals surface area contributed by atoms with Crippen molar-refractivity contribution < 1.29 is 0 Å². The molecule has 1 aromatic heterocycles. The van der Waals surface area contributed by atoms with Gasteiger partial charge >= 0.3 is 0 Å². The first-order valence-corrected chi connectivity index (χ1v) is 8.16. The molecule has 0 amide bonds. The molecule has 0 saturated heterocycles. The maximum Gasteiger partial charge on any atom is 0.0896 e. The van der Waals surface area contributed by atoms with Crippen LogP contribution in [0.2, 0.25) is 0 Å². The van der Waals surface area contributed by atoms with Gasteiger partial charge in [0.25, 0.3) is 0 Å². The van der Waals surface area contributed by atoms with Gasteiger partial charge in [0, 0.05) is 11.1 Å². The highest BCUT2D eigenvalue weighted by Crippen LogP contribution is 2.19. The lowest BCUT2D eigenvalue weighted by Crippen LogP contribution is -2.25. The molecule has 0 radical (unpaired) electrons. The lowest BCUT2D eigenvalue weighted by molar-refractivity contribution is 0.481. The van der Waals surface area contributed by atoms with Crippen molar-refractivity contribution in [3.05, 3.63) is 51.5 Å². The molecule has 2 rings (SSSR count). The summed E-state index contributed by atoms with van der Waals surface area (Å²) in [7, 11) is 0. The number of rotatable bonds is 7. The normalized spacial score (nSPS) is 12.6. The Balaban J connectivity index is 2.02. The predicted octanol–water partition coefficient (Wildman–Crippen LogP) is 3.77. The molecule has 1 heterocycles. The summed E-state index contributed by atoms with van der Waals surface area (Å²) in [6.07, 6.45) is 4.28. The molecule has 2 aromatic rings. The van der Waals surface area contributed by atoms with Crippen LogP contribution in [0.3, 0.4) is 0 Å². The molecule has 0 bridgehead atoms. The average molecular weight is 288 g/mol. The van der Waals surface area contributed by atoms with Crippen molar-refractivity contribution in [3.63, 3.8) is 0 Å². The second-order valence-electron chi connectivity index (χ2n) is 5.42. The minimum atomic E-state index is 0.636. The molecule has 1 unspecified atom stereocenters. The minimum absolute atomic E-state index is 0.636. The van der Waals surface area contributed by atoms with Crippen LogP contribution in [0.25, 0.3) is 0 Å². The molecule has 0 aliphatic rings. The van der Waals surface area contributed by atoms with Gasteiger partial charge in [-0.3, -0.25) is 0 Å². The molecule has 0 aliphatic heterocycles. The maximum absolute atomic E-state index is 4.37. The Hall–Kier alpha value is -1.19. The highest BCUT2D eigenvalue weighted by molar-refractivity contribution is 7.11. The Morgan fingerprint density at radius 2 is 2.10 bits per heavy atom. The molecule has 1 aromatic carbocycles. The quantitative estimate of drug-likeness (QED) is 0.839. The smallest absolute Gasteiger partial charge is 0.0896 e. The molecule has 1 atom stereocenters. The highest BCUT2D eigenvalue weighted by Gasteiger charge is 2.12. The van der Waals surface area contributed by atoms with Crippen LogP contribution in [0, 0.1) is 19.8 Å². The third-order valence-corrected chi connectivity index (χ3v) is 4.38. The SMILES string of the molecule is CCNCC(Cc1cccc(C)c1)Cc1cnc(C)s1. The monoisotopic (exact) mass is 288 g/mol. The van der Waals surface area contributed by atoms with Gasteiger partial charge in [-0.1, -0.05) is 36.8 Å². The molecular weight excluding hydrogens is 264 g/mol. The number of nitrogens with one attached hydrogen (secondary N) is 1. The molecule has 108 valence electrons. The van der Waals surface area contributed by atoms with Crippen LogP contribution < -0.4 is 5.32 Å². The van der Waals surface area contributed by atoms with Gasteiger partial charge in [0.1, 0.15) is 0 Å². The van der Waals surface area contributed by atoms with E-state index in [-0.39, 0.29) is 0 Å².